The third kappa shape index (κ3) is 2.06. The molecule has 0 aliphatic heterocycles. The second kappa shape index (κ2) is 3.87. The molecule has 0 radical (unpaired) electrons. The molecule has 13 heavy (non-hydrogen) atoms. The second-order valence-corrected chi connectivity index (χ2v) is 3.09. The maximum Gasteiger partial charge on any atom is 0.269 e. The summed E-state index contributed by atoms with van der Waals surface area (Å²) >= 11 is 2.98. The van der Waals surface area contributed by atoms with E-state index in [1.807, 2.05) is 0 Å². The van der Waals surface area contributed by atoms with Gasteiger partial charge in [-0.2, -0.15) is 0 Å². The summed E-state index contributed by atoms with van der Waals surface area (Å²) in [6, 6.07) is 1.04. The van der Waals surface area contributed by atoms with Crippen molar-refractivity contribution in [3.63, 3.8) is 0 Å². The lowest BCUT2D eigenvalue weighted by atomic mass is 10.3. The fourth-order valence-corrected chi connectivity index (χ4v) is 1.32. The molecule has 0 aliphatic rings. The monoisotopic (exact) mass is 253 g/mol. The molecule has 1 N–H and O–H groups in total. The zero-order valence-corrected chi connectivity index (χ0v) is 8.19. The highest BCUT2D eigenvalue weighted by molar-refractivity contribution is 9.10. The Labute approximate surface area is 80.9 Å². The minimum Gasteiger partial charge on any atom is -0.481 e. The third-order valence-electron chi connectivity index (χ3n) is 1.43. The molecule has 1 heterocycles. The van der Waals surface area contributed by atoms with Crippen molar-refractivity contribution in [1.82, 2.24) is 4.98 Å². The summed E-state index contributed by atoms with van der Waals surface area (Å²) in [5.41, 5.74) is -1.41. The van der Waals surface area contributed by atoms with E-state index in [4.69, 9.17) is 4.74 Å². The molecule has 1 aromatic heterocycles. The lowest BCUT2D eigenvalue weighted by molar-refractivity contribution is 0.149. The number of rotatable bonds is 2. The highest BCUT2D eigenvalue weighted by Gasteiger charge is 2.14. The maximum absolute atomic E-state index is 12.2. The van der Waals surface area contributed by atoms with Gasteiger partial charge in [-0.25, -0.2) is 8.78 Å². The van der Waals surface area contributed by atoms with Gasteiger partial charge in [0.1, 0.15) is 0 Å². The summed E-state index contributed by atoms with van der Waals surface area (Å²) in [6.07, 6.45) is -2.79. The van der Waals surface area contributed by atoms with E-state index in [0.29, 0.717) is 4.47 Å². The number of methoxy groups -OCH3 is 1. The lowest BCUT2D eigenvalue weighted by Gasteiger charge is -2.04. The quantitative estimate of drug-likeness (QED) is 0.877. The third-order valence-corrected chi connectivity index (χ3v) is 2.02. The maximum atomic E-state index is 12.2. The van der Waals surface area contributed by atoms with Crippen LogP contribution in [0.2, 0.25) is 0 Å². The van der Waals surface area contributed by atoms with Gasteiger partial charge in [-0.15, -0.1) is 0 Å². The van der Waals surface area contributed by atoms with Gasteiger partial charge < -0.3 is 4.74 Å². The van der Waals surface area contributed by atoms with Crippen molar-refractivity contribution in [3.8, 4) is 5.88 Å². The largest absolute Gasteiger partial charge is 0.481 e. The van der Waals surface area contributed by atoms with Crippen molar-refractivity contribution in [1.29, 1.82) is 0 Å². The molecule has 0 unspecified atom stereocenters. The summed E-state index contributed by atoms with van der Waals surface area (Å²) in [7, 11) is 1.33. The van der Waals surface area contributed by atoms with E-state index < -0.39 is 17.5 Å². The molecule has 0 aromatic carbocycles. The number of hydrogen-bond acceptors (Lipinski definition) is 2. The average molecular weight is 254 g/mol. The standard InChI is InChI=1S/C7H6BrF2NO2/c1-13-7-4(8)2-3(5(9)10)6(12)11-7/h2,5H,1H3,(H,11,12). The Hall–Kier alpha value is -0.910. The van der Waals surface area contributed by atoms with Crippen molar-refractivity contribution >= 4 is 15.9 Å². The Bertz CT molecular complexity index is 364. The van der Waals surface area contributed by atoms with Crippen LogP contribution in [-0.4, -0.2) is 12.1 Å². The predicted molar refractivity (Wildman–Crippen MR) is 46.3 cm³/mol. The molecule has 0 fully saturated rings. The van der Waals surface area contributed by atoms with Gasteiger partial charge in [0.15, 0.2) is 0 Å². The highest BCUT2D eigenvalue weighted by atomic mass is 79.9. The van der Waals surface area contributed by atoms with E-state index in [9.17, 15) is 13.6 Å². The molecule has 6 heteroatoms. The average Bonchev–Trinajstić information content (AvgIpc) is 2.07. The van der Waals surface area contributed by atoms with Crippen LogP contribution in [0.25, 0.3) is 0 Å². The van der Waals surface area contributed by atoms with Crippen LogP contribution in [0.5, 0.6) is 5.88 Å². The Morgan fingerprint density at radius 3 is 2.69 bits per heavy atom. The molecule has 0 saturated heterocycles. The van der Waals surface area contributed by atoms with Gasteiger partial charge in [-0.3, -0.25) is 9.78 Å². The van der Waals surface area contributed by atoms with Gasteiger partial charge in [-0.05, 0) is 22.0 Å². The summed E-state index contributed by atoms with van der Waals surface area (Å²) in [6.45, 7) is 0. The summed E-state index contributed by atoms with van der Waals surface area (Å²) in [5.74, 6) is 0.134. The van der Waals surface area contributed by atoms with E-state index in [2.05, 4.69) is 20.9 Å². The molecule has 0 bridgehead atoms. The Morgan fingerprint density at radius 1 is 1.62 bits per heavy atom. The second-order valence-electron chi connectivity index (χ2n) is 2.24. The number of aromatic amines is 1. The first kappa shape index (κ1) is 10.2. The number of pyridine rings is 1. The first-order valence-electron chi connectivity index (χ1n) is 3.31. The minimum absolute atomic E-state index is 0.134. The van der Waals surface area contributed by atoms with Gasteiger partial charge in [0, 0.05) is 0 Å². The first-order valence-corrected chi connectivity index (χ1v) is 4.10. The summed E-state index contributed by atoms with van der Waals surface area (Å²) in [5, 5.41) is 0. The van der Waals surface area contributed by atoms with Gasteiger partial charge in [-0.1, -0.05) is 0 Å². The molecule has 1 rings (SSSR count). The lowest BCUT2D eigenvalue weighted by Crippen LogP contribution is -2.13. The van der Waals surface area contributed by atoms with Gasteiger partial charge in [0.2, 0.25) is 5.88 Å². The van der Waals surface area contributed by atoms with E-state index in [1.54, 1.807) is 0 Å². The summed E-state index contributed by atoms with van der Waals surface area (Å²) < 4.78 is 29.3. The van der Waals surface area contributed by atoms with Crippen LogP contribution < -0.4 is 10.3 Å². The molecular formula is C7H6BrF2NO2. The smallest absolute Gasteiger partial charge is 0.269 e. The Morgan fingerprint density at radius 2 is 2.23 bits per heavy atom. The number of aromatic nitrogens is 1. The molecule has 0 saturated carbocycles. The van der Waals surface area contributed by atoms with Gasteiger partial charge in [0.25, 0.3) is 12.0 Å². The summed E-state index contributed by atoms with van der Waals surface area (Å²) in [4.78, 5) is 13.1. The molecule has 1 aromatic rings. The van der Waals surface area contributed by atoms with Crippen LogP contribution in [0, 0.1) is 0 Å². The van der Waals surface area contributed by atoms with Crippen LogP contribution >= 0.6 is 15.9 Å². The van der Waals surface area contributed by atoms with E-state index >= 15 is 0 Å². The SMILES string of the molecule is COc1[nH]c(=O)c(C(F)F)cc1Br. The topological polar surface area (TPSA) is 42.1 Å². The normalized spacial score (nSPS) is 10.5. The van der Waals surface area contributed by atoms with E-state index in [0.717, 1.165) is 6.07 Å². The van der Waals surface area contributed by atoms with Crippen molar-refractivity contribution < 1.29 is 13.5 Å². The molecular weight excluding hydrogens is 248 g/mol. The van der Waals surface area contributed by atoms with Crippen LogP contribution in [0.15, 0.2) is 15.3 Å². The molecule has 0 spiro atoms. The Balaban J connectivity index is 3.29. The molecule has 0 aliphatic carbocycles. The minimum atomic E-state index is -2.79. The molecule has 3 nitrogen and oxygen atoms in total. The van der Waals surface area contributed by atoms with Crippen molar-refractivity contribution in [3.05, 3.63) is 26.5 Å². The highest BCUT2D eigenvalue weighted by Crippen LogP contribution is 2.24. The van der Waals surface area contributed by atoms with Crippen LogP contribution in [0.3, 0.4) is 0 Å². The number of halogens is 3. The fraction of sp³-hybridized carbons (Fsp3) is 0.286. The molecule has 72 valence electrons. The van der Waals surface area contributed by atoms with Crippen LogP contribution in [-0.2, 0) is 0 Å². The van der Waals surface area contributed by atoms with Gasteiger partial charge >= 0.3 is 0 Å². The van der Waals surface area contributed by atoms with Crippen LogP contribution in [0.1, 0.15) is 12.0 Å². The fourth-order valence-electron chi connectivity index (χ4n) is 0.813. The number of ether oxygens (including phenoxy) is 1. The predicted octanol–water partition coefficient (Wildman–Crippen LogP) is 2.08. The van der Waals surface area contributed by atoms with E-state index in [-0.39, 0.29) is 5.88 Å². The van der Waals surface area contributed by atoms with Crippen molar-refractivity contribution in [2.75, 3.05) is 7.11 Å². The zero-order valence-electron chi connectivity index (χ0n) is 6.61. The number of alkyl halides is 2. The van der Waals surface area contributed by atoms with Crippen molar-refractivity contribution in [2.45, 2.75) is 6.43 Å². The molecule has 0 amide bonds. The number of H-pyrrole nitrogens is 1. The molecule has 0 atom stereocenters. The number of nitrogens with one attached hydrogen (secondary N) is 1. The Kier molecular flexibility index (Phi) is 3.02. The van der Waals surface area contributed by atoms with E-state index in [1.165, 1.54) is 7.11 Å². The zero-order chi connectivity index (χ0) is 10.0. The van der Waals surface area contributed by atoms with Crippen LogP contribution in [0.4, 0.5) is 8.78 Å². The van der Waals surface area contributed by atoms with Crippen molar-refractivity contribution in [2.24, 2.45) is 0 Å². The number of hydrogen-bond donors (Lipinski definition) is 1. The first-order chi connectivity index (χ1) is 6.06. The van der Waals surface area contributed by atoms with Gasteiger partial charge in [0.05, 0.1) is 17.1 Å².